The highest BCUT2D eigenvalue weighted by molar-refractivity contribution is 5.79. The van der Waals surface area contributed by atoms with Crippen LogP contribution in [-0.4, -0.2) is 57.9 Å². The number of carbonyl (C=O) groups excluding carboxylic acids is 1. The molecule has 3 rings (SSSR count). The summed E-state index contributed by atoms with van der Waals surface area (Å²) in [5, 5.41) is 22.3. The monoisotopic (exact) mass is 482 g/mol. The van der Waals surface area contributed by atoms with Crippen LogP contribution in [-0.2, 0) is 27.4 Å². The van der Waals surface area contributed by atoms with Crippen LogP contribution in [0.1, 0.15) is 38.8 Å². The van der Waals surface area contributed by atoms with E-state index in [2.05, 4.69) is 34.5 Å². The van der Waals surface area contributed by atoms with E-state index < -0.39 is 30.3 Å². The fourth-order valence-electron chi connectivity index (χ4n) is 5.06. The first-order valence-electron chi connectivity index (χ1n) is 12.4. The van der Waals surface area contributed by atoms with Crippen LogP contribution in [0.15, 0.2) is 60.7 Å². The Morgan fingerprint density at radius 2 is 1.51 bits per heavy atom. The van der Waals surface area contributed by atoms with E-state index >= 15 is 0 Å². The van der Waals surface area contributed by atoms with Gasteiger partial charge in [0.2, 0.25) is 0 Å². The third kappa shape index (κ3) is 6.90. The summed E-state index contributed by atoms with van der Waals surface area (Å²) in [5.41, 5.74) is 2.23. The first kappa shape index (κ1) is 26.9. The predicted octanol–water partition coefficient (Wildman–Crippen LogP) is 3.31. The van der Waals surface area contributed by atoms with Gasteiger partial charge in [0.1, 0.15) is 18.2 Å². The number of hydrogen-bond acceptors (Lipinski definition) is 6. The number of aliphatic hydroxyl groups is 1. The molecule has 7 atom stereocenters. The Balaban J connectivity index is 1.81. The van der Waals surface area contributed by atoms with Crippen LogP contribution in [0.25, 0.3) is 0 Å². The standard InChI is InChI=1S/C28H38N2O5/c1-18(31)15-29-24(27(32)33)19(2)20(3)26-21(4)25(28(34)35-26)30(16-22-11-7-5-8-12-22)17-23-13-9-6-10-14-23/h5-14,18-21,24-26,29,31H,15-17H2,1-4H3,(H,32,33)/t18-,19?,20?,21+,24-,25-,26-/m0/s1. The van der Waals surface area contributed by atoms with Gasteiger partial charge < -0.3 is 20.3 Å². The second-order valence-electron chi connectivity index (χ2n) is 9.87. The highest BCUT2D eigenvalue weighted by Crippen LogP contribution is 2.36. The van der Waals surface area contributed by atoms with E-state index in [-0.39, 0.29) is 30.3 Å². The van der Waals surface area contributed by atoms with Gasteiger partial charge in [0, 0.05) is 25.6 Å². The molecule has 2 aromatic rings. The number of nitrogens with one attached hydrogen (secondary N) is 1. The zero-order valence-corrected chi connectivity index (χ0v) is 21.0. The summed E-state index contributed by atoms with van der Waals surface area (Å²) in [6, 6.07) is 18.8. The van der Waals surface area contributed by atoms with Crippen molar-refractivity contribution in [1.29, 1.82) is 0 Å². The quantitative estimate of drug-likeness (QED) is 0.399. The number of nitrogens with zero attached hydrogens (tertiary/aromatic N) is 1. The molecule has 0 aromatic heterocycles. The first-order chi connectivity index (χ1) is 16.7. The molecule has 3 N–H and O–H groups in total. The van der Waals surface area contributed by atoms with Gasteiger partial charge in [0.05, 0.1) is 6.10 Å². The second kappa shape index (κ2) is 12.3. The number of aliphatic carboxylic acids is 1. The van der Waals surface area contributed by atoms with Crippen LogP contribution in [0.5, 0.6) is 0 Å². The summed E-state index contributed by atoms with van der Waals surface area (Å²) in [6.45, 7) is 8.82. The third-order valence-corrected chi connectivity index (χ3v) is 7.13. The van der Waals surface area contributed by atoms with Crippen LogP contribution < -0.4 is 5.32 Å². The molecular weight excluding hydrogens is 444 g/mol. The molecule has 0 radical (unpaired) electrons. The van der Waals surface area contributed by atoms with Crippen LogP contribution in [0, 0.1) is 17.8 Å². The van der Waals surface area contributed by atoms with E-state index in [0.717, 1.165) is 11.1 Å². The lowest BCUT2D eigenvalue weighted by Crippen LogP contribution is -2.49. The molecule has 1 saturated heterocycles. The number of carboxylic acids is 1. The number of carboxylic acid groups (broad SMARTS) is 1. The molecule has 0 saturated carbocycles. The van der Waals surface area contributed by atoms with E-state index in [1.54, 1.807) is 6.92 Å². The second-order valence-corrected chi connectivity index (χ2v) is 9.87. The fourth-order valence-corrected chi connectivity index (χ4v) is 5.06. The Morgan fingerprint density at radius 3 is 1.97 bits per heavy atom. The number of cyclic esters (lactones) is 1. The van der Waals surface area contributed by atoms with Crippen molar-refractivity contribution in [3.05, 3.63) is 71.8 Å². The van der Waals surface area contributed by atoms with Gasteiger partial charge in [-0.3, -0.25) is 14.5 Å². The van der Waals surface area contributed by atoms with Gasteiger partial charge in [-0.2, -0.15) is 0 Å². The van der Waals surface area contributed by atoms with E-state index in [9.17, 15) is 19.8 Å². The molecular formula is C28H38N2O5. The van der Waals surface area contributed by atoms with Crippen molar-refractivity contribution in [2.45, 2.75) is 65.1 Å². The third-order valence-electron chi connectivity index (χ3n) is 7.13. The van der Waals surface area contributed by atoms with Crippen molar-refractivity contribution in [1.82, 2.24) is 10.2 Å². The minimum Gasteiger partial charge on any atom is -0.480 e. The van der Waals surface area contributed by atoms with Gasteiger partial charge in [-0.15, -0.1) is 0 Å². The zero-order chi connectivity index (χ0) is 25.5. The maximum atomic E-state index is 13.2. The van der Waals surface area contributed by atoms with E-state index in [1.807, 2.05) is 57.2 Å². The number of esters is 1. The Morgan fingerprint density at radius 1 is 1.00 bits per heavy atom. The molecule has 1 heterocycles. The average molecular weight is 483 g/mol. The minimum atomic E-state index is -0.978. The number of hydrogen-bond donors (Lipinski definition) is 3. The SMILES string of the molecule is CC(C(C)[C@@H]1OC(=O)[C@@H](N(Cc2ccccc2)Cc2ccccc2)[C@H]1C)[C@H](NC[C@H](C)O)C(=O)O. The van der Waals surface area contributed by atoms with Gasteiger partial charge in [0.15, 0.2) is 0 Å². The number of rotatable bonds is 12. The molecule has 0 spiro atoms. The van der Waals surface area contributed by atoms with Crippen molar-refractivity contribution in [2.24, 2.45) is 17.8 Å². The number of ether oxygens (including phenoxy) is 1. The van der Waals surface area contributed by atoms with Gasteiger partial charge in [-0.25, -0.2) is 0 Å². The molecule has 7 nitrogen and oxygen atoms in total. The van der Waals surface area contributed by atoms with Crippen LogP contribution >= 0.6 is 0 Å². The maximum absolute atomic E-state index is 13.2. The Kier molecular flexibility index (Phi) is 9.43. The van der Waals surface area contributed by atoms with E-state index in [1.165, 1.54) is 0 Å². The normalized spacial score (nSPS) is 23.5. The molecule has 190 valence electrons. The molecule has 2 unspecified atom stereocenters. The molecule has 7 heteroatoms. The minimum absolute atomic E-state index is 0.126. The van der Waals surface area contributed by atoms with Gasteiger partial charge in [0.25, 0.3) is 0 Å². The summed E-state index contributed by atoms with van der Waals surface area (Å²) in [5.74, 6) is -1.89. The lowest BCUT2D eigenvalue weighted by Gasteiger charge is -2.34. The van der Waals surface area contributed by atoms with Crippen molar-refractivity contribution in [3.63, 3.8) is 0 Å². The highest BCUT2D eigenvalue weighted by atomic mass is 16.6. The van der Waals surface area contributed by atoms with Crippen molar-refractivity contribution >= 4 is 11.9 Å². The molecule has 0 aliphatic carbocycles. The number of carbonyl (C=O) groups is 2. The van der Waals surface area contributed by atoms with E-state index in [0.29, 0.717) is 13.1 Å². The van der Waals surface area contributed by atoms with Gasteiger partial charge in [-0.1, -0.05) is 81.4 Å². The molecule has 1 aliphatic rings. The average Bonchev–Trinajstić information content (AvgIpc) is 3.12. The summed E-state index contributed by atoms with van der Waals surface area (Å²) in [4.78, 5) is 27.3. The van der Waals surface area contributed by atoms with Gasteiger partial charge >= 0.3 is 11.9 Å². The predicted molar refractivity (Wildman–Crippen MR) is 134 cm³/mol. The summed E-state index contributed by atoms with van der Waals surface area (Å²) in [6.07, 6.45) is -1.07. The summed E-state index contributed by atoms with van der Waals surface area (Å²) >= 11 is 0. The van der Waals surface area contributed by atoms with E-state index in [4.69, 9.17) is 4.74 Å². The fraction of sp³-hybridized carbons (Fsp3) is 0.500. The molecule has 2 aromatic carbocycles. The molecule has 35 heavy (non-hydrogen) atoms. The molecule has 0 amide bonds. The van der Waals surface area contributed by atoms with Crippen molar-refractivity contribution in [3.8, 4) is 0 Å². The smallest absolute Gasteiger partial charge is 0.324 e. The summed E-state index contributed by atoms with van der Waals surface area (Å²) in [7, 11) is 0. The molecule has 1 fully saturated rings. The Bertz CT molecular complexity index is 911. The maximum Gasteiger partial charge on any atom is 0.324 e. The number of benzene rings is 2. The van der Waals surface area contributed by atoms with Crippen molar-refractivity contribution in [2.75, 3.05) is 6.54 Å². The molecule has 0 bridgehead atoms. The largest absolute Gasteiger partial charge is 0.480 e. The van der Waals surface area contributed by atoms with Gasteiger partial charge in [-0.05, 0) is 29.9 Å². The Hall–Kier alpha value is -2.74. The zero-order valence-electron chi connectivity index (χ0n) is 21.0. The first-order valence-corrected chi connectivity index (χ1v) is 12.4. The van der Waals surface area contributed by atoms with Crippen molar-refractivity contribution < 1.29 is 24.5 Å². The summed E-state index contributed by atoms with van der Waals surface area (Å²) < 4.78 is 5.93. The topological polar surface area (TPSA) is 99.1 Å². The Labute approximate surface area is 208 Å². The lowest BCUT2D eigenvalue weighted by atomic mass is 9.79. The molecule has 1 aliphatic heterocycles. The van der Waals surface area contributed by atoms with Crippen LogP contribution in [0.3, 0.4) is 0 Å². The van der Waals surface area contributed by atoms with Crippen LogP contribution in [0.2, 0.25) is 0 Å². The van der Waals surface area contributed by atoms with Crippen LogP contribution in [0.4, 0.5) is 0 Å². The lowest BCUT2D eigenvalue weighted by molar-refractivity contribution is -0.148. The highest BCUT2D eigenvalue weighted by Gasteiger charge is 2.49. The number of aliphatic hydroxyl groups excluding tert-OH is 1.